The van der Waals surface area contributed by atoms with Gasteiger partial charge in [0.25, 0.3) is 5.91 Å². The van der Waals surface area contributed by atoms with Gasteiger partial charge in [-0.15, -0.1) is 0 Å². The number of amides is 4. The summed E-state index contributed by atoms with van der Waals surface area (Å²) in [5.74, 6) is -3.37. The molecule has 0 saturated carbocycles. The first-order valence-electron chi connectivity index (χ1n) is 20.7. The number of hydrogen-bond acceptors (Lipinski definition) is 11. The molecule has 15 heteroatoms. The number of esters is 1. The van der Waals surface area contributed by atoms with Gasteiger partial charge in [0.2, 0.25) is 11.8 Å². The summed E-state index contributed by atoms with van der Waals surface area (Å²) in [4.78, 5) is 68.5. The topological polar surface area (TPSA) is 224 Å². The normalized spacial score (nSPS) is 16.6. The minimum atomic E-state index is -2.29. The second-order valence-electron chi connectivity index (χ2n) is 15.7. The highest BCUT2D eigenvalue weighted by Crippen LogP contribution is 2.28. The van der Waals surface area contributed by atoms with Crippen LogP contribution in [0.4, 0.5) is 4.79 Å². The van der Waals surface area contributed by atoms with Gasteiger partial charge in [-0.25, -0.2) is 4.79 Å². The summed E-state index contributed by atoms with van der Waals surface area (Å²) in [5, 5.41) is 51.1. The van der Waals surface area contributed by atoms with E-state index in [1.807, 2.05) is 92.7 Å². The van der Waals surface area contributed by atoms with Crippen molar-refractivity contribution >= 4 is 29.8 Å². The lowest BCUT2D eigenvalue weighted by molar-refractivity contribution is -0.149. The maximum absolute atomic E-state index is 13.6. The molecule has 1 aliphatic heterocycles. The summed E-state index contributed by atoms with van der Waals surface area (Å²) < 4.78 is 11.4. The van der Waals surface area contributed by atoms with E-state index in [2.05, 4.69) is 16.0 Å². The maximum Gasteiger partial charge on any atom is 0.410 e. The van der Waals surface area contributed by atoms with Crippen molar-refractivity contribution in [2.75, 3.05) is 13.2 Å². The molecule has 0 bridgehead atoms. The van der Waals surface area contributed by atoms with Crippen molar-refractivity contribution in [1.29, 1.82) is 0 Å². The molecule has 15 nitrogen and oxygen atoms in total. The first-order valence-corrected chi connectivity index (χ1v) is 20.7. The van der Waals surface area contributed by atoms with Crippen molar-refractivity contribution < 1.29 is 53.9 Å². The van der Waals surface area contributed by atoms with Gasteiger partial charge >= 0.3 is 12.1 Å². The first kappa shape index (κ1) is 46.9. The zero-order valence-electron chi connectivity index (χ0n) is 34.8. The molecule has 1 aliphatic rings. The molecule has 7 unspecified atom stereocenters. The molecule has 0 spiro atoms. The fourth-order valence-electron chi connectivity index (χ4n) is 7.26. The summed E-state index contributed by atoms with van der Waals surface area (Å²) in [6, 6.07) is 31.0. The Bertz CT molecular complexity index is 2000. The van der Waals surface area contributed by atoms with Crippen LogP contribution in [0.25, 0.3) is 0 Å². The third kappa shape index (κ3) is 13.2. The Labute approximate surface area is 361 Å². The highest BCUT2D eigenvalue weighted by molar-refractivity contribution is 5.91. The second kappa shape index (κ2) is 23.2. The smallest absolute Gasteiger partial charge is 0.410 e. The van der Waals surface area contributed by atoms with Crippen molar-refractivity contribution in [3.8, 4) is 0 Å². The van der Waals surface area contributed by atoms with E-state index in [0.717, 1.165) is 16.7 Å². The SMILES string of the molecule is CC(C)CC(NC(=O)C1CCCN1C(=O)OCc1ccccc1)C(=O)NC(CO)C(O)C(O)C(O)C(=O)NC(CC(=O)OC(c1ccccc1)c1ccccc1)c1ccccc1. The average Bonchev–Trinajstić information content (AvgIpc) is 3.80. The zero-order chi connectivity index (χ0) is 44.6. The largest absolute Gasteiger partial charge is 0.452 e. The van der Waals surface area contributed by atoms with Gasteiger partial charge in [0.05, 0.1) is 25.1 Å². The van der Waals surface area contributed by atoms with Crippen molar-refractivity contribution in [3.63, 3.8) is 0 Å². The summed E-state index contributed by atoms with van der Waals surface area (Å²) in [6.07, 6.45) is -7.41. The molecule has 4 aromatic rings. The van der Waals surface area contributed by atoms with Gasteiger partial charge in [-0.3, -0.25) is 24.1 Å². The lowest BCUT2D eigenvalue weighted by atomic mass is 9.98. The van der Waals surface area contributed by atoms with Gasteiger partial charge in [0.1, 0.15) is 30.9 Å². The standard InChI is InChI=1S/C47H56N4O11/c1-30(2)26-36(49-45(58)38-24-15-25-51(38)47(60)61-29-31-16-7-3-8-17-31)44(57)50-37(28-52)40(54)41(55)42(56)46(59)48-35(32-18-9-4-10-19-32)27-39(53)62-43(33-20-11-5-12-21-33)34-22-13-6-14-23-34/h3-14,16-23,30,35-38,40-43,52,54-56H,15,24-29H2,1-2H3,(H,48,59)(H,49,58)(H,50,57). The molecule has 4 aromatic carbocycles. The Hall–Kier alpha value is -6.13. The van der Waals surface area contributed by atoms with Crippen molar-refractivity contribution in [3.05, 3.63) is 144 Å². The van der Waals surface area contributed by atoms with Gasteiger partial charge in [-0.2, -0.15) is 0 Å². The molecule has 0 aromatic heterocycles. The Morgan fingerprint density at radius 2 is 1.26 bits per heavy atom. The molecule has 0 radical (unpaired) electrons. The fraction of sp³-hybridized carbons (Fsp3) is 0.383. The Morgan fingerprint density at radius 3 is 1.81 bits per heavy atom. The molecular weight excluding hydrogens is 797 g/mol. The summed E-state index contributed by atoms with van der Waals surface area (Å²) >= 11 is 0. The van der Waals surface area contributed by atoms with Crippen LogP contribution in [0.15, 0.2) is 121 Å². The highest BCUT2D eigenvalue weighted by Gasteiger charge is 2.40. The van der Waals surface area contributed by atoms with Gasteiger partial charge in [-0.05, 0) is 47.4 Å². The maximum atomic E-state index is 13.6. The van der Waals surface area contributed by atoms with Gasteiger partial charge in [0, 0.05) is 6.54 Å². The predicted octanol–water partition coefficient (Wildman–Crippen LogP) is 3.46. The molecule has 1 fully saturated rings. The minimum Gasteiger partial charge on any atom is -0.452 e. The number of ether oxygens (including phenoxy) is 2. The van der Waals surface area contributed by atoms with Crippen LogP contribution in [0.3, 0.4) is 0 Å². The number of rotatable bonds is 20. The number of carbonyl (C=O) groups is 5. The number of likely N-dealkylation sites (tertiary alicyclic amines) is 1. The molecule has 1 saturated heterocycles. The van der Waals surface area contributed by atoms with Crippen molar-refractivity contribution in [2.24, 2.45) is 5.92 Å². The molecule has 1 heterocycles. The van der Waals surface area contributed by atoms with Crippen LogP contribution in [-0.4, -0.2) is 105 Å². The molecule has 5 rings (SSSR count). The van der Waals surface area contributed by atoms with E-state index in [0.29, 0.717) is 18.4 Å². The van der Waals surface area contributed by atoms with Gasteiger partial charge in [-0.1, -0.05) is 135 Å². The van der Waals surface area contributed by atoms with Crippen molar-refractivity contribution in [2.45, 2.75) is 94.7 Å². The van der Waals surface area contributed by atoms with Gasteiger partial charge in [0.15, 0.2) is 12.2 Å². The lowest BCUT2D eigenvalue weighted by Gasteiger charge is -2.31. The molecule has 330 valence electrons. The van der Waals surface area contributed by atoms with Crippen LogP contribution in [0.1, 0.15) is 73.9 Å². The number of aliphatic hydroxyl groups excluding tert-OH is 4. The molecule has 7 N–H and O–H groups in total. The fourth-order valence-corrected chi connectivity index (χ4v) is 7.26. The van der Waals surface area contributed by atoms with E-state index in [-0.39, 0.29) is 31.9 Å². The number of nitrogens with one attached hydrogen (secondary N) is 3. The summed E-state index contributed by atoms with van der Waals surface area (Å²) in [6.45, 7) is 3.01. The Morgan fingerprint density at radius 1 is 0.710 bits per heavy atom. The van der Waals surface area contributed by atoms with Crippen molar-refractivity contribution in [1.82, 2.24) is 20.9 Å². The number of carbonyl (C=O) groups excluding carboxylic acids is 5. The van der Waals surface area contributed by atoms with E-state index in [1.165, 1.54) is 4.90 Å². The number of nitrogens with zero attached hydrogens (tertiary/aromatic N) is 1. The number of benzene rings is 4. The number of hydrogen-bond donors (Lipinski definition) is 7. The molecule has 0 aliphatic carbocycles. The molecule has 62 heavy (non-hydrogen) atoms. The number of aliphatic hydroxyl groups is 4. The molecule has 4 amide bonds. The Kier molecular flexibility index (Phi) is 17.5. The van der Waals surface area contributed by atoms with E-state index in [4.69, 9.17) is 9.47 Å². The average molecular weight is 853 g/mol. The molecule has 7 atom stereocenters. The third-order valence-corrected chi connectivity index (χ3v) is 10.6. The first-order chi connectivity index (χ1) is 29.9. The molecular formula is C47H56N4O11. The van der Waals surface area contributed by atoms with E-state index < -0.39 is 85.0 Å². The Balaban J connectivity index is 1.21. The van der Waals surface area contributed by atoms with E-state index in [1.54, 1.807) is 42.5 Å². The van der Waals surface area contributed by atoms with Crippen LogP contribution in [0, 0.1) is 5.92 Å². The van der Waals surface area contributed by atoms with Crippen LogP contribution in [-0.2, 0) is 35.3 Å². The third-order valence-electron chi connectivity index (χ3n) is 10.6. The van der Waals surface area contributed by atoms with Crippen LogP contribution in [0.2, 0.25) is 0 Å². The van der Waals surface area contributed by atoms with Crippen LogP contribution < -0.4 is 16.0 Å². The quantitative estimate of drug-likeness (QED) is 0.0638. The minimum absolute atomic E-state index is 0.0168. The second-order valence-corrected chi connectivity index (χ2v) is 15.7. The summed E-state index contributed by atoms with van der Waals surface area (Å²) in [7, 11) is 0. The van der Waals surface area contributed by atoms with E-state index >= 15 is 0 Å². The van der Waals surface area contributed by atoms with Crippen LogP contribution >= 0.6 is 0 Å². The lowest BCUT2D eigenvalue weighted by Crippen LogP contribution is -2.60. The van der Waals surface area contributed by atoms with E-state index in [9.17, 15) is 44.4 Å². The van der Waals surface area contributed by atoms with Gasteiger partial charge < -0.3 is 45.9 Å². The monoisotopic (exact) mass is 852 g/mol. The van der Waals surface area contributed by atoms with Crippen LogP contribution in [0.5, 0.6) is 0 Å². The zero-order valence-corrected chi connectivity index (χ0v) is 34.8. The predicted molar refractivity (Wildman–Crippen MR) is 228 cm³/mol. The summed E-state index contributed by atoms with van der Waals surface area (Å²) in [5.41, 5.74) is 2.71. The highest BCUT2D eigenvalue weighted by atomic mass is 16.6.